The number of nitrogen functional groups attached to an aromatic ring is 1. The average Bonchev–Trinajstić information content (AvgIpc) is 2.84. The number of nitrogens with zero attached hydrogens (tertiary/aromatic N) is 1. The summed E-state index contributed by atoms with van der Waals surface area (Å²) >= 11 is 0. The van der Waals surface area contributed by atoms with Gasteiger partial charge in [-0.05, 0) is 24.1 Å². The van der Waals surface area contributed by atoms with Gasteiger partial charge in [-0.2, -0.15) is 0 Å². The van der Waals surface area contributed by atoms with E-state index >= 15 is 0 Å². The molecule has 0 saturated carbocycles. The van der Waals surface area contributed by atoms with Crippen molar-refractivity contribution in [2.75, 3.05) is 12.3 Å². The number of aromatic nitrogens is 1. The van der Waals surface area contributed by atoms with Gasteiger partial charge in [-0.3, -0.25) is 9.78 Å². The van der Waals surface area contributed by atoms with Crippen LogP contribution in [0.1, 0.15) is 18.0 Å². The molecule has 0 bridgehead atoms. The Morgan fingerprint density at radius 3 is 2.95 bits per heavy atom. The maximum absolute atomic E-state index is 11.7. The van der Waals surface area contributed by atoms with Crippen LogP contribution in [-0.2, 0) is 4.79 Å². The molecule has 1 fully saturated rings. The second-order valence-electron chi connectivity index (χ2n) is 4.89. The predicted octanol–water partition coefficient (Wildman–Crippen LogP) is 0.953. The lowest BCUT2D eigenvalue weighted by atomic mass is 9.92. The van der Waals surface area contributed by atoms with Crippen LogP contribution >= 0.6 is 0 Å². The minimum absolute atomic E-state index is 0.0353. The summed E-state index contributed by atoms with van der Waals surface area (Å²) in [6, 6.07) is 7.24. The molecule has 2 atom stereocenters. The molecule has 5 N–H and O–H groups in total. The number of carbonyl (C=O) groups excluding carboxylic acids is 1. The molecule has 0 radical (unpaired) electrons. The van der Waals surface area contributed by atoms with Gasteiger partial charge in [0.1, 0.15) is 0 Å². The third kappa shape index (κ3) is 2.02. The maximum atomic E-state index is 11.7. The molecule has 3 rings (SSSR count). The van der Waals surface area contributed by atoms with Gasteiger partial charge in [0.05, 0.1) is 11.4 Å². The van der Waals surface area contributed by atoms with E-state index in [1.807, 2.05) is 18.2 Å². The Morgan fingerprint density at radius 1 is 1.37 bits per heavy atom. The van der Waals surface area contributed by atoms with Gasteiger partial charge in [0, 0.05) is 29.9 Å². The lowest BCUT2D eigenvalue weighted by Crippen LogP contribution is -2.28. The van der Waals surface area contributed by atoms with Crippen LogP contribution in [0.4, 0.5) is 5.69 Å². The van der Waals surface area contributed by atoms with Crippen molar-refractivity contribution in [1.29, 1.82) is 0 Å². The van der Waals surface area contributed by atoms with E-state index in [0.717, 1.165) is 22.9 Å². The van der Waals surface area contributed by atoms with Crippen molar-refractivity contribution >= 4 is 22.5 Å². The molecule has 1 aromatic heterocycles. The van der Waals surface area contributed by atoms with Gasteiger partial charge in [0.15, 0.2) is 0 Å². The standard InChI is InChI=1S/C14H16N4O/c15-11-4-6-17-12-7-8(1-2-9(11)12)13(16)10-3-5-18-14(10)19/h1-2,4,6-7,10,13H,3,5,16H2,(H2,15,17)(H,18,19). The first-order valence-electron chi connectivity index (χ1n) is 6.34. The van der Waals surface area contributed by atoms with E-state index in [-0.39, 0.29) is 17.9 Å². The number of benzene rings is 1. The minimum atomic E-state index is -0.296. The number of rotatable bonds is 2. The van der Waals surface area contributed by atoms with Crippen molar-refractivity contribution in [3.05, 3.63) is 36.0 Å². The number of anilines is 1. The first kappa shape index (κ1) is 11.9. The molecule has 98 valence electrons. The second kappa shape index (κ2) is 4.51. The molecule has 1 amide bonds. The first-order valence-corrected chi connectivity index (χ1v) is 6.34. The SMILES string of the molecule is Nc1ccnc2cc(C(N)C3CCNC3=O)ccc12. The van der Waals surface area contributed by atoms with Crippen LogP contribution in [0.3, 0.4) is 0 Å². The molecule has 2 aromatic rings. The number of amides is 1. The molecule has 1 aromatic carbocycles. The average molecular weight is 256 g/mol. The summed E-state index contributed by atoms with van der Waals surface area (Å²) in [5.74, 6) is -0.119. The summed E-state index contributed by atoms with van der Waals surface area (Å²) in [6.07, 6.45) is 2.46. The van der Waals surface area contributed by atoms with E-state index in [2.05, 4.69) is 10.3 Å². The van der Waals surface area contributed by atoms with Crippen molar-refractivity contribution in [2.45, 2.75) is 12.5 Å². The highest BCUT2D eigenvalue weighted by molar-refractivity contribution is 5.90. The van der Waals surface area contributed by atoms with Crippen molar-refractivity contribution in [1.82, 2.24) is 10.3 Å². The highest BCUT2D eigenvalue weighted by Crippen LogP contribution is 2.28. The molecule has 5 nitrogen and oxygen atoms in total. The number of carbonyl (C=O) groups is 1. The molecule has 1 saturated heterocycles. The first-order chi connectivity index (χ1) is 9.16. The van der Waals surface area contributed by atoms with Crippen molar-refractivity contribution in [3.8, 4) is 0 Å². The molecular weight excluding hydrogens is 240 g/mol. The maximum Gasteiger partial charge on any atom is 0.225 e. The number of pyridine rings is 1. The zero-order chi connectivity index (χ0) is 13.4. The zero-order valence-corrected chi connectivity index (χ0v) is 10.5. The predicted molar refractivity (Wildman–Crippen MR) is 74.2 cm³/mol. The number of nitrogens with one attached hydrogen (secondary N) is 1. The summed E-state index contributed by atoms with van der Waals surface area (Å²) in [6.45, 7) is 0.704. The Labute approximate surface area is 111 Å². The fourth-order valence-electron chi connectivity index (χ4n) is 2.58. The Bertz CT molecular complexity index is 640. The van der Waals surface area contributed by atoms with Crippen molar-refractivity contribution in [2.24, 2.45) is 11.7 Å². The highest BCUT2D eigenvalue weighted by atomic mass is 16.2. The van der Waals surface area contributed by atoms with E-state index < -0.39 is 0 Å². The Morgan fingerprint density at radius 2 is 2.21 bits per heavy atom. The lowest BCUT2D eigenvalue weighted by molar-refractivity contribution is -0.123. The van der Waals surface area contributed by atoms with Gasteiger partial charge in [0.25, 0.3) is 0 Å². The monoisotopic (exact) mass is 256 g/mol. The Balaban J connectivity index is 1.99. The summed E-state index contributed by atoms with van der Waals surface area (Å²) in [5.41, 5.74) is 14.5. The number of hydrogen-bond donors (Lipinski definition) is 3. The fraction of sp³-hybridized carbons (Fsp3) is 0.286. The van der Waals surface area contributed by atoms with Gasteiger partial charge < -0.3 is 16.8 Å². The number of hydrogen-bond acceptors (Lipinski definition) is 4. The molecule has 0 aliphatic carbocycles. The Hall–Kier alpha value is -2.14. The fourth-order valence-corrected chi connectivity index (χ4v) is 2.58. The smallest absolute Gasteiger partial charge is 0.225 e. The number of fused-ring (bicyclic) bond motifs is 1. The van der Waals surface area contributed by atoms with Crippen molar-refractivity contribution in [3.63, 3.8) is 0 Å². The molecule has 5 heteroatoms. The minimum Gasteiger partial charge on any atom is -0.398 e. The molecule has 1 aliphatic heterocycles. The third-order valence-corrected chi connectivity index (χ3v) is 3.71. The molecule has 19 heavy (non-hydrogen) atoms. The topological polar surface area (TPSA) is 94.0 Å². The second-order valence-corrected chi connectivity index (χ2v) is 4.89. The van der Waals surface area contributed by atoms with Gasteiger partial charge in [-0.15, -0.1) is 0 Å². The van der Waals surface area contributed by atoms with Crippen LogP contribution in [0.15, 0.2) is 30.5 Å². The zero-order valence-electron chi connectivity index (χ0n) is 10.5. The molecular formula is C14H16N4O. The van der Waals surface area contributed by atoms with E-state index in [1.165, 1.54) is 0 Å². The quantitative estimate of drug-likeness (QED) is 0.745. The molecule has 1 aliphatic rings. The Kier molecular flexibility index (Phi) is 2.83. The normalized spacial score (nSPS) is 20.5. The lowest BCUT2D eigenvalue weighted by Gasteiger charge is -2.17. The van der Waals surface area contributed by atoms with Crippen LogP contribution < -0.4 is 16.8 Å². The molecule has 2 unspecified atom stereocenters. The van der Waals surface area contributed by atoms with E-state index in [1.54, 1.807) is 12.3 Å². The summed E-state index contributed by atoms with van der Waals surface area (Å²) < 4.78 is 0. The van der Waals surface area contributed by atoms with Crippen molar-refractivity contribution < 1.29 is 4.79 Å². The van der Waals surface area contributed by atoms with Crippen LogP contribution in [-0.4, -0.2) is 17.4 Å². The molecule has 0 spiro atoms. The highest BCUT2D eigenvalue weighted by Gasteiger charge is 2.30. The van der Waals surface area contributed by atoms with Crippen LogP contribution in [0.2, 0.25) is 0 Å². The summed E-state index contributed by atoms with van der Waals surface area (Å²) in [7, 11) is 0. The number of nitrogens with two attached hydrogens (primary N) is 2. The van der Waals surface area contributed by atoms with Crippen LogP contribution in [0.25, 0.3) is 10.9 Å². The largest absolute Gasteiger partial charge is 0.398 e. The summed E-state index contributed by atoms with van der Waals surface area (Å²) in [4.78, 5) is 16.0. The van der Waals surface area contributed by atoms with Gasteiger partial charge in [-0.25, -0.2) is 0 Å². The van der Waals surface area contributed by atoms with Crippen LogP contribution in [0.5, 0.6) is 0 Å². The van der Waals surface area contributed by atoms with E-state index in [4.69, 9.17) is 11.5 Å². The molecule has 2 heterocycles. The summed E-state index contributed by atoms with van der Waals surface area (Å²) in [5, 5.41) is 3.72. The van der Waals surface area contributed by atoms with Gasteiger partial charge in [-0.1, -0.05) is 12.1 Å². The van der Waals surface area contributed by atoms with E-state index in [9.17, 15) is 4.79 Å². The third-order valence-electron chi connectivity index (χ3n) is 3.71. The van der Waals surface area contributed by atoms with Crippen LogP contribution in [0, 0.1) is 5.92 Å². The van der Waals surface area contributed by atoms with Gasteiger partial charge in [0.2, 0.25) is 5.91 Å². The van der Waals surface area contributed by atoms with E-state index in [0.29, 0.717) is 12.2 Å². The van der Waals surface area contributed by atoms with Gasteiger partial charge >= 0.3 is 0 Å².